The minimum absolute atomic E-state index is 0.120. The van der Waals surface area contributed by atoms with Gasteiger partial charge in [0.1, 0.15) is 4.88 Å². The number of carbonyl (C=O) groups is 1. The van der Waals surface area contributed by atoms with E-state index in [1.807, 2.05) is 28.8 Å². The zero-order chi connectivity index (χ0) is 13.2. The van der Waals surface area contributed by atoms with Crippen molar-refractivity contribution in [3.8, 4) is 0 Å². The number of hydrogen-bond donors (Lipinski definition) is 0. The lowest BCUT2D eigenvalue weighted by Crippen LogP contribution is -2.38. The Hall–Kier alpha value is -1.69. The van der Waals surface area contributed by atoms with Gasteiger partial charge in [0.2, 0.25) is 0 Å². The molecule has 3 heterocycles. The standard InChI is InChI=1S/C13H16N4OS/c1-10-12(19-9-14-10)13(18)17-7-2-4-11(17)8-16-6-3-5-15-16/h3,5-6,9,11H,2,4,7-8H2,1H3. The molecule has 0 radical (unpaired) electrons. The predicted octanol–water partition coefficient (Wildman–Crippen LogP) is 1.95. The molecular weight excluding hydrogens is 260 g/mol. The molecule has 2 aromatic heterocycles. The van der Waals surface area contributed by atoms with E-state index in [9.17, 15) is 4.79 Å². The van der Waals surface area contributed by atoms with Crippen LogP contribution in [0.15, 0.2) is 24.0 Å². The van der Waals surface area contributed by atoms with Crippen LogP contribution in [0.5, 0.6) is 0 Å². The number of rotatable bonds is 3. The normalized spacial score (nSPS) is 19.0. The molecule has 1 saturated heterocycles. The van der Waals surface area contributed by atoms with Crippen LogP contribution in [0.3, 0.4) is 0 Å². The summed E-state index contributed by atoms with van der Waals surface area (Å²) in [6.07, 6.45) is 5.83. The minimum Gasteiger partial charge on any atom is -0.333 e. The highest BCUT2D eigenvalue weighted by Crippen LogP contribution is 2.24. The lowest BCUT2D eigenvalue weighted by Gasteiger charge is -2.24. The fourth-order valence-corrected chi connectivity index (χ4v) is 3.31. The Balaban J connectivity index is 1.76. The number of thiazole rings is 1. The Bertz CT molecular complexity index is 563. The first-order valence-electron chi connectivity index (χ1n) is 6.44. The van der Waals surface area contributed by atoms with Gasteiger partial charge in [-0.3, -0.25) is 9.48 Å². The van der Waals surface area contributed by atoms with Gasteiger partial charge in [-0.15, -0.1) is 11.3 Å². The van der Waals surface area contributed by atoms with Gasteiger partial charge in [-0.05, 0) is 25.8 Å². The van der Waals surface area contributed by atoms with Crippen LogP contribution in [0.2, 0.25) is 0 Å². The summed E-state index contributed by atoms with van der Waals surface area (Å²) in [6.45, 7) is 3.50. The van der Waals surface area contributed by atoms with E-state index < -0.39 is 0 Å². The molecular formula is C13H16N4OS. The van der Waals surface area contributed by atoms with E-state index in [0.717, 1.165) is 36.5 Å². The molecule has 0 bridgehead atoms. The molecule has 1 atom stereocenters. The van der Waals surface area contributed by atoms with Crippen LogP contribution >= 0.6 is 11.3 Å². The Labute approximate surface area is 115 Å². The first-order chi connectivity index (χ1) is 9.25. The van der Waals surface area contributed by atoms with Crippen molar-refractivity contribution in [2.45, 2.75) is 32.4 Å². The van der Waals surface area contributed by atoms with Gasteiger partial charge in [0.05, 0.1) is 23.8 Å². The summed E-state index contributed by atoms with van der Waals surface area (Å²) in [7, 11) is 0. The molecule has 0 spiro atoms. The SMILES string of the molecule is Cc1ncsc1C(=O)N1CCCC1Cn1cccn1. The second kappa shape index (κ2) is 5.13. The number of nitrogens with zero attached hydrogens (tertiary/aromatic N) is 4. The molecule has 2 aromatic rings. The third-order valence-electron chi connectivity index (χ3n) is 3.53. The molecule has 1 fully saturated rings. The molecule has 1 amide bonds. The van der Waals surface area contributed by atoms with Gasteiger partial charge in [0, 0.05) is 18.9 Å². The van der Waals surface area contributed by atoms with Crippen LogP contribution in [0.25, 0.3) is 0 Å². The van der Waals surface area contributed by atoms with E-state index in [4.69, 9.17) is 0 Å². The largest absolute Gasteiger partial charge is 0.333 e. The van der Waals surface area contributed by atoms with Crippen LogP contribution in [-0.4, -0.2) is 38.2 Å². The lowest BCUT2D eigenvalue weighted by molar-refractivity contribution is 0.0725. The fourth-order valence-electron chi connectivity index (χ4n) is 2.55. The Morgan fingerprint density at radius 3 is 3.16 bits per heavy atom. The van der Waals surface area contributed by atoms with E-state index >= 15 is 0 Å². The minimum atomic E-state index is 0.120. The van der Waals surface area contributed by atoms with Crippen LogP contribution in [-0.2, 0) is 6.54 Å². The molecule has 5 nitrogen and oxygen atoms in total. The highest BCUT2D eigenvalue weighted by atomic mass is 32.1. The molecule has 1 unspecified atom stereocenters. The molecule has 0 N–H and O–H groups in total. The van der Waals surface area contributed by atoms with Crippen molar-refractivity contribution in [3.63, 3.8) is 0 Å². The van der Waals surface area contributed by atoms with E-state index in [-0.39, 0.29) is 11.9 Å². The lowest BCUT2D eigenvalue weighted by atomic mass is 10.2. The van der Waals surface area contributed by atoms with Gasteiger partial charge in [-0.1, -0.05) is 0 Å². The first-order valence-corrected chi connectivity index (χ1v) is 7.32. The average molecular weight is 276 g/mol. The summed E-state index contributed by atoms with van der Waals surface area (Å²) in [4.78, 5) is 19.4. The van der Waals surface area contributed by atoms with Gasteiger partial charge < -0.3 is 4.90 Å². The van der Waals surface area contributed by atoms with Gasteiger partial charge >= 0.3 is 0 Å². The second-order valence-corrected chi connectivity index (χ2v) is 5.64. The number of aryl methyl sites for hydroxylation is 1. The van der Waals surface area contributed by atoms with Crippen molar-refractivity contribution in [3.05, 3.63) is 34.5 Å². The van der Waals surface area contributed by atoms with Crippen molar-refractivity contribution in [1.82, 2.24) is 19.7 Å². The maximum absolute atomic E-state index is 12.5. The van der Waals surface area contributed by atoms with Crippen LogP contribution < -0.4 is 0 Å². The maximum Gasteiger partial charge on any atom is 0.266 e. The molecule has 100 valence electrons. The van der Waals surface area contributed by atoms with E-state index in [1.54, 1.807) is 11.7 Å². The van der Waals surface area contributed by atoms with Crippen LogP contribution in [0.1, 0.15) is 28.2 Å². The maximum atomic E-state index is 12.5. The summed E-state index contributed by atoms with van der Waals surface area (Å²) < 4.78 is 1.90. The molecule has 3 rings (SSSR count). The smallest absolute Gasteiger partial charge is 0.266 e. The molecule has 1 aliphatic rings. The monoisotopic (exact) mass is 276 g/mol. The van der Waals surface area contributed by atoms with Gasteiger partial charge in [0.15, 0.2) is 0 Å². The summed E-state index contributed by atoms with van der Waals surface area (Å²) in [5.74, 6) is 0.120. The molecule has 0 aromatic carbocycles. The van der Waals surface area contributed by atoms with E-state index in [1.165, 1.54) is 11.3 Å². The number of carbonyl (C=O) groups excluding carboxylic acids is 1. The molecule has 0 aliphatic carbocycles. The van der Waals surface area contributed by atoms with Crippen molar-refractivity contribution in [1.29, 1.82) is 0 Å². The molecule has 6 heteroatoms. The summed E-state index contributed by atoms with van der Waals surface area (Å²) in [5.41, 5.74) is 2.57. The number of aromatic nitrogens is 3. The third kappa shape index (κ3) is 2.40. The van der Waals surface area contributed by atoms with Gasteiger partial charge in [-0.25, -0.2) is 4.98 Å². The zero-order valence-corrected chi connectivity index (χ0v) is 11.6. The Morgan fingerprint density at radius 2 is 2.47 bits per heavy atom. The van der Waals surface area contributed by atoms with Crippen molar-refractivity contribution < 1.29 is 4.79 Å². The summed E-state index contributed by atoms with van der Waals surface area (Å²) >= 11 is 1.43. The average Bonchev–Trinajstić information content (AvgIpc) is 3.10. The van der Waals surface area contributed by atoms with Crippen molar-refractivity contribution in [2.75, 3.05) is 6.54 Å². The zero-order valence-electron chi connectivity index (χ0n) is 10.8. The summed E-state index contributed by atoms with van der Waals surface area (Å²) in [6, 6.07) is 2.16. The molecule has 0 saturated carbocycles. The second-order valence-electron chi connectivity index (χ2n) is 4.79. The quantitative estimate of drug-likeness (QED) is 0.861. The van der Waals surface area contributed by atoms with Gasteiger partial charge in [-0.2, -0.15) is 5.10 Å². The number of hydrogen-bond acceptors (Lipinski definition) is 4. The topological polar surface area (TPSA) is 51.0 Å². The number of amides is 1. The fraction of sp³-hybridized carbons (Fsp3) is 0.462. The Morgan fingerprint density at radius 1 is 1.58 bits per heavy atom. The summed E-state index contributed by atoms with van der Waals surface area (Å²) in [5, 5.41) is 4.22. The van der Waals surface area contributed by atoms with Crippen molar-refractivity contribution >= 4 is 17.2 Å². The van der Waals surface area contributed by atoms with E-state index in [2.05, 4.69) is 10.1 Å². The van der Waals surface area contributed by atoms with Crippen LogP contribution in [0, 0.1) is 6.92 Å². The number of likely N-dealkylation sites (tertiary alicyclic amines) is 1. The highest BCUT2D eigenvalue weighted by Gasteiger charge is 2.31. The van der Waals surface area contributed by atoms with Crippen LogP contribution in [0.4, 0.5) is 0 Å². The molecule has 19 heavy (non-hydrogen) atoms. The van der Waals surface area contributed by atoms with Crippen molar-refractivity contribution in [2.24, 2.45) is 0 Å². The van der Waals surface area contributed by atoms with E-state index in [0.29, 0.717) is 0 Å². The predicted molar refractivity (Wildman–Crippen MR) is 73.1 cm³/mol. The van der Waals surface area contributed by atoms with Gasteiger partial charge in [0.25, 0.3) is 5.91 Å². The Kier molecular flexibility index (Phi) is 3.33. The molecule has 1 aliphatic heterocycles. The first kappa shape index (κ1) is 12.3. The highest BCUT2D eigenvalue weighted by molar-refractivity contribution is 7.11. The third-order valence-corrected chi connectivity index (χ3v) is 4.45.